The van der Waals surface area contributed by atoms with E-state index in [2.05, 4.69) is 14.9 Å². The molecular formula is C17H20N4O4S2. The number of aromatic nitrogens is 2. The van der Waals surface area contributed by atoms with Crippen LogP contribution < -0.4 is 4.72 Å². The second kappa shape index (κ2) is 7.17. The first kappa shape index (κ1) is 18.3. The van der Waals surface area contributed by atoms with Crippen LogP contribution in [0, 0.1) is 12.8 Å². The number of sulfonamides is 1. The molecule has 1 atom stereocenters. The van der Waals surface area contributed by atoms with Gasteiger partial charge in [-0.25, -0.2) is 8.42 Å². The molecule has 1 aromatic heterocycles. The van der Waals surface area contributed by atoms with E-state index in [1.165, 1.54) is 11.3 Å². The van der Waals surface area contributed by atoms with Crippen LogP contribution in [0.5, 0.6) is 0 Å². The molecule has 8 nitrogen and oxygen atoms in total. The van der Waals surface area contributed by atoms with E-state index in [4.69, 9.17) is 4.74 Å². The Morgan fingerprint density at radius 3 is 2.89 bits per heavy atom. The van der Waals surface area contributed by atoms with Gasteiger partial charge in [-0.15, -0.1) is 10.2 Å². The molecule has 2 aromatic rings. The summed E-state index contributed by atoms with van der Waals surface area (Å²) in [6.07, 6.45) is 1.47. The Morgan fingerprint density at radius 1 is 1.33 bits per heavy atom. The van der Waals surface area contributed by atoms with E-state index in [-0.39, 0.29) is 21.9 Å². The van der Waals surface area contributed by atoms with E-state index >= 15 is 0 Å². The normalized spacial score (nSPS) is 19.7. The van der Waals surface area contributed by atoms with Crippen molar-refractivity contribution < 1.29 is 17.9 Å². The largest absolute Gasteiger partial charge is 0.381 e. The van der Waals surface area contributed by atoms with Gasteiger partial charge in [-0.1, -0.05) is 17.4 Å². The van der Waals surface area contributed by atoms with Crippen molar-refractivity contribution in [2.24, 2.45) is 5.92 Å². The third-order valence-electron chi connectivity index (χ3n) is 4.84. The lowest BCUT2D eigenvalue weighted by molar-refractivity contribution is -0.136. The van der Waals surface area contributed by atoms with Gasteiger partial charge in [0.1, 0.15) is 5.01 Å². The van der Waals surface area contributed by atoms with Gasteiger partial charge in [-0.05, 0) is 43.0 Å². The first-order valence-corrected chi connectivity index (χ1v) is 11.0. The van der Waals surface area contributed by atoms with E-state index in [9.17, 15) is 13.2 Å². The zero-order chi connectivity index (χ0) is 19.0. The fraction of sp³-hybridized carbons (Fsp3) is 0.471. The van der Waals surface area contributed by atoms with Crippen molar-refractivity contribution in [3.05, 3.63) is 34.3 Å². The highest BCUT2D eigenvalue weighted by atomic mass is 32.2. The Bertz CT molecular complexity index is 967. The van der Waals surface area contributed by atoms with Crippen LogP contribution in [0.1, 0.15) is 22.6 Å². The number of nitrogens with zero attached hydrogens (tertiary/aromatic N) is 3. The zero-order valence-corrected chi connectivity index (χ0v) is 16.5. The summed E-state index contributed by atoms with van der Waals surface area (Å²) < 4.78 is 33.1. The van der Waals surface area contributed by atoms with Gasteiger partial charge in [-0.2, -0.15) is 0 Å². The SMILES string of the molecule is Cc1nnc(NS(=O)(=O)c2ccc3c(c2)CN(C(=O)C2CCOC2)CC3)s1. The molecule has 2 aliphatic rings. The number of aryl methyl sites for hydroxylation is 1. The molecule has 1 saturated heterocycles. The predicted molar refractivity (Wildman–Crippen MR) is 99.9 cm³/mol. The highest BCUT2D eigenvalue weighted by Gasteiger charge is 2.30. The number of rotatable bonds is 4. The van der Waals surface area contributed by atoms with E-state index < -0.39 is 10.0 Å². The van der Waals surface area contributed by atoms with Crippen molar-refractivity contribution in [1.82, 2.24) is 15.1 Å². The van der Waals surface area contributed by atoms with Crippen molar-refractivity contribution in [3.8, 4) is 0 Å². The number of carbonyl (C=O) groups is 1. The molecule has 0 bridgehead atoms. The lowest BCUT2D eigenvalue weighted by Crippen LogP contribution is -2.40. The van der Waals surface area contributed by atoms with Crippen LogP contribution in [-0.4, -0.2) is 49.2 Å². The van der Waals surface area contributed by atoms with E-state index in [0.717, 1.165) is 24.0 Å². The van der Waals surface area contributed by atoms with Crippen LogP contribution >= 0.6 is 11.3 Å². The standard InChI is InChI=1S/C17H20N4O4S2/c1-11-18-19-17(26-11)20-27(23,24)15-3-2-12-4-6-21(9-14(12)8-15)16(22)13-5-7-25-10-13/h2-3,8,13H,4-7,9-10H2,1H3,(H,19,20). The molecule has 1 N–H and O–H groups in total. The third-order valence-corrected chi connectivity index (χ3v) is 7.06. The van der Waals surface area contributed by atoms with Gasteiger partial charge in [0.25, 0.3) is 10.0 Å². The van der Waals surface area contributed by atoms with Crippen LogP contribution in [0.3, 0.4) is 0 Å². The second-order valence-electron chi connectivity index (χ2n) is 6.73. The van der Waals surface area contributed by atoms with E-state index in [0.29, 0.717) is 31.3 Å². The van der Waals surface area contributed by atoms with Crippen LogP contribution in [0.15, 0.2) is 23.1 Å². The Balaban J connectivity index is 1.54. The Kier molecular flexibility index (Phi) is 4.87. The van der Waals surface area contributed by atoms with Gasteiger partial charge in [0.2, 0.25) is 11.0 Å². The summed E-state index contributed by atoms with van der Waals surface area (Å²) in [5.41, 5.74) is 1.94. The van der Waals surface area contributed by atoms with Crippen molar-refractivity contribution >= 4 is 32.4 Å². The molecule has 0 saturated carbocycles. The average molecular weight is 409 g/mol. The number of ether oxygens (including phenoxy) is 1. The van der Waals surface area contributed by atoms with E-state index in [1.54, 1.807) is 24.0 Å². The molecule has 1 aromatic carbocycles. The number of carbonyl (C=O) groups excluding carboxylic acids is 1. The minimum absolute atomic E-state index is 0.0826. The van der Waals surface area contributed by atoms with Crippen molar-refractivity contribution in [1.29, 1.82) is 0 Å². The van der Waals surface area contributed by atoms with Gasteiger partial charge >= 0.3 is 0 Å². The van der Waals surface area contributed by atoms with Gasteiger partial charge < -0.3 is 9.64 Å². The highest BCUT2D eigenvalue weighted by Crippen LogP contribution is 2.26. The molecule has 0 radical (unpaired) electrons. The molecule has 4 rings (SSSR count). The molecular weight excluding hydrogens is 388 g/mol. The zero-order valence-electron chi connectivity index (χ0n) is 14.8. The fourth-order valence-corrected chi connectivity index (χ4v) is 5.26. The number of amides is 1. The van der Waals surface area contributed by atoms with Crippen LogP contribution in [-0.2, 0) is 32.5 Å². The predicted octanol–water partition coefficient (Wildman–Crippen LogP) is 1.57. The van der Waals surface area contributed by atoms with Crippen molar-refractivity contribution in [3.63, 3.8) is 0 Å². The number of nitrogens with one attached hydrogen (secondary N) is 1. The summed E-state index contributed by atoms with van der Waals surface area (Å²) in [4.78, 5) is 14.6. The lowest BCUT2D eigenvalue weighted by atomic mass is 9.98. The monoisotopic (exact) mass is 408 g/mol. The summed E-state index contributed by atoms with van der Waals surface area (Å²) in [6.45, 7) is 3.93. The second-order valence-corrected chi connectivity index (χ2v) is 9.60. The lowest BCUT2D eigenvalue weighted by Gasteiger charge is -2.30. The van der Waals surface area contributed by atoms with Crippen LogP contribution in [0.25, 0.3) is 0 Å². The minimum Gasteiger partial charge on any atom is -0.381 e. The molecule has 0 spiro atoms. The van der Waals surface area contributed by atoms with Gasteiger partial charge in [0, 0.05) is 19.7 Å². The highest BCUT2D eigenvalue weighted by molar-refractivity contribution is 7.93. The maximum Gasteiger partial charge on any atom is 0.263 e. The summed E-state index contributed by atoms with van der Waals surface area (Å²) in [5.74, 6) is 0.00893. The van der Waals surface area contributed by atoms with Crippen LogP contribution in [0.4, 0.5) is 5.13 Å². The molecule has 1 fully saturated rings. The number of benzene rings is 1. The Morgan fingerprint density at radius 2 is 2.19 bits per heavy atom. The van der Waals surface area contributed by atoms with Gasteiger partial charge in [0.05, 0.1) is 17.4 Å². The Labute approximate surface area is 161 Å². The third kappa shape index (κ3) is 3.83. The Hall–Kier alpha value is -2.04. The number of hydrogen-bond acceptors (Lipinski definition) is 7. The summed E-state index contributed by atoms with van der Waals surface area (Å²) >= 11 is 1.18. The quantitative estimate of drug-likeness (QED) is 0.824. The van der Waals surface area contributed by atoms with Crippen LogP contribution in [0.2, 0.25) is 0 Å². The number of fused-ring (bicyclic) bond motifs is 1. The first-order chi connectivity index (χ1) is 12.9. The fourth-order valence-electron chi connectivity index (χ4n) is 3.39. The maximum absolute atomic E-state index is 12.7. The molecule has 144 valence electrons. The molecule has 2 aliphatic heterocycles. The maximum atomic E-state index is 12.7. The summed E-state index contributed by atoms with van der Waals surface area (Å²) in [7, 11) is -3.75. The summed E-state index contributed by atoms with van der Waals surface area (Å²) in [6, 6.07) is 5.07. The molecule has 10 heteroatoms. The smallest absolute Gasteiger partial charge is 0.263 e. The molecule has 27 heavy (non-hydrogen) atoms. The molecule has 1 unspecified atom stereocenters. The molecule has 3 heterocycles. The van der Waals surface area contributed by atoms with Crippen molar-refractivity contribution in [2.75, 3.05) is 24.5 Å². The van der Waals surface area contributed by atoms with Crippen molar-refractivity contribution in [2.45, 2.75) is 31.2 Å². The molecule has 0 aliphatic carbocycles. The number of anilines is 1. The first-order valence-electron chi connectivity index (χ1n) is 8.73. The minimum atomic E-state index is -3.75. The van der Waals surface area contributed by atoms with E-state index in [1.807, 2.05) is 6.07 Å². The molecule has 1 amide bonds. The topological polar surface area (TPSA) is 101 Å². The summed E-state index contributed by atoms with van der Waals surface area (Å²) in [5, 5.41) is 8.55. The number of hydrogen-bond donors (Lipinski definition) is 1. The van der Waals surface area contributed by atoms with Gasteiger partial charge in [-0.3, -0.25) is 9.52 Å². The van der Waals surface area contributed by atoms with Gasteiger partial charge in [0.15, 0.2) is 0 Å². The average Bonchev–Trinajstić information content (AvgIpc) is 3.32.